The van der Waals surface area contributed by atoms with Gasteiger partial charge in [-0.2, -0.15) is 4.39 Å². The van der Waals surface area contributed by atoms with E-state index in [-0.39, 0.29) is 17.7 Å². The normalized spacial score (nSPS) is 26.3. The van der Waals surface area contributed by atoms with Crippen molar-refractivity contribution < 1.29 is 13.6 Å². The van der Waals surface area contributed by atoms with Gasteiger partial charge in [0.25, 0.3) is 5.91 Å². The molecular formula is C16H16FN3O2. The van der Waals surface area contributed by atoms with Crippen LogP contribution in [0.25, 0.3) is 11.5 Å². The fourth-order valence-corrected chi connectivity index (χ4v) is 3.37. The lowest BCUT2D eigenvalue weighted by Crippen LogP contribution is -2.42. The van der Waals surface area contributed by atoms with Crippen molar-refractivity contribution in [2.45, 2.75) is 37.4 Å². The van der Waals surface area contributed by atoms with E-state index < -0.39 is 5.95 Å². The third-order valence-electron chi connectivity index (χ3n) is 4.41. The van der Waals surface area contributed by atoms with E-state index in [0.717, 1.165) is 12.8 Å². The summed E-state index contributed by atoms with van der Waals surface area (Å²) in [7, 11) is 0. The standard InChI is InChI=1S/C16H16FN3O2/c17-15-3-1-2-11(19-15)13-6-7-14(22-13)16(21)20-12-8-9-4-5-10(12)18-9/h1-3,6-7,9-10,12,18H,4-5,8H2,(H,20,21). The summed E-state index contributed by atoms with van der Waals surface area (Å²) in [5.74, 6) is -0.200. The van der Waals surface area contributed by atoms with Crippen LogP contribution in [-0.2, 0) is 0 Å². The van der Waals surface area contributed by atoms with Gasteiger partial charge < -0.3 is 15.1 Å². The third-order valence-corrected chi connectivity index (χ3v) is 4.41. The molecular weight excluding hydrogens is 285 g/mol. The highest BCUT2D eigenvalue weighted by atomic mass is 19.1. The molecule has 0 saturated carbocycles. The molecule has 22 heavy (non-hydrogen) atoms. The molecule has 2 N–H and O–H groups in total. The van der Waals surface area contributed by atoms with Crippen molar-refractivity contribution in [3.05, 3.63) is 42.0 Å². The number of halogens is 1. The second kappa shape index (κ2) is 5.21. The zero-order chi connectivity index (χ0) is 15.1. The lowest BCUT2D eigenvalue weighted by Gasteiger charge is -2.20. The fraction of sp³-hybridized carbons (Fsp3) is 0.375. The molecule has 4 rings (SSSR count). The first-order valence-electron chi connectivity index (χ1n) is 7.49. The molecule has 2 aliphatic rings. The van der Waals surface area contributed by atoms with E-state index in [4.69, 9.17) is 4.42 Å². The number of aromatic nitrogens is 1. The first-order valence-corrected chi connectivity index (χ1v) is 7.49. The van der Waals surface area contributed by atoms with Crippen molar-refractivity contribution >= 4 is 5.91 Å². The first kappa shape index (κ1) is 13.5. The summed E-state index contributed by atoms with van der Waals surface area (Å²) in [5.41, 5.74) is 0.376. The zero-order valence-electron chi connectivity index (χ0n) is 11.9. The van der Waals surface area contributed by atoms with Gasteiger partial charge in [0, 0.05) is 18.1 Å². The van der Waals surface area contributed by atoms with Crippen molar-refractivity contribution in [2.24, 2.45) is 0 Å². The molecule has 2 aromatic heterocycles. The van der Waals surface area contributed by atoms with E-state index in [1.807, 2.05) is 0 Å². The molecule has 3 atom stereocenters. The van der Waals surface area contributed by atoms with Crippen LogP contribution in [-0.4, -0.2) is 29.0 Å². The molecule has 2 saturated heterocycles. The number of pyridine rings is 1. The van der Waals surface area contributed by atoms with Gasteiger partial charge in [0.15, 0.2) is 11.5 Å². The number of hydrogen-bond acceptors (Lipinski definition) is 4. The van der Waals surface area contributed by atoms with Crippen LogP contribution in [0.15, 0.2) is 34.7 Å². The highest BCUT2D eigenvalue weighted by Gasteiger charge is 2.39. The monoisotopic (exact) mass is 301 g/mol. The summed E-state index contributed by atoms with van der Waals surface area (Å²) in [6, 6.07) is 8.75. The molecule has 1 amide bonds. The Labute approximate surface area is 126 Å². The summed E-state index contributed by atoms with van der Waals surface area (Å²) in [4.78, 5) is 16.0. The molecule has 5 nitrogen and oxygen atoms in total. The number of carbonyl (C=O) groups is 1. The Morgan fingerprint density at radius 2 is 2.23 bits per heavy atom. The highest BCUT2D eigenvalue weighted by molar-refractivity contribution is 5.92. The lowest BCUT2D eigenvalue weighted by atomic mass is 9.95. The molecule has 0 radical (unpaired) electrons. The van der Waals surface area contributed by atoms with Gasteiger partial charge in [0.05, 0.1) is 0 Å². The minimum absolute atomic E-state index is 0.159. The molecule has 0 aliphatic carbocycles. The predicted molar refractivity (Wildman–Crippen MR) is 77.7 cm³/mol. The second-order valence-corrected chi connectivity index (χ2v) is 5.87. The van der Waals surface area contributed by atoms with E-state index in [1.165, 1.54) is 12.5 Å². The smallest absolute Gasteiger partial charge is 0.287 e. The maximum atomic E-state index is 13.1. The van der Waals surface area contributed by atoms with Gasteiger partial charge >= 0.3 is 0 Å². The zero-order valence-corrected chi connectivity index (χ0v) is 11.9. The Morgan fingerprint density at radius 3 is 2.95 bits per heavy atom. The fourth-order valence-electron chi connectivity index (χ4n) is 3.37. The summed E-state index contributed by atoms with van der Waals surface area (Å²) < 4.78 is 18.7. The Kier molecular flexibility index (Phi) is 3.18. The minimum atomic E-state index is -0.576. The van der Waals surface area contributed by atoms with E-state index in [1.54, 1.807) is 24.3 Å². The Bertz CT molecular complexity index is 715. The molecule has 2 aromatic rings. The SMILES string of the molecule is O=C(NC1CC2CCC1N2)c1ccc(-c2cccc(F)n2)o1. The third kappa shape index (κ3) is 2.39. The van der Waals surface area contributed by atoms with E-state index >= 15 is 0 Å². The van der Waals surface area contributed by atoms with Gasteiger partial charge in [-0.05, 0) is 43.5 Å². The van der Waals surface area contributed by atoms with Gasteiger partial charge in [-0.15, -0.1) is 0 Å². The quantitative estimate of drug-likeness (QED) is 0.852. The van der Waals surface area contributed by atoms with Gasteiger partial charge in [-0.1, -0.05) is 6.07 Å². The van der Waals surface area contributed by atoms with Crippen molar-refractivity contribution in [1.29, 1.82) is 0 Å². The molecule has 6 heteroatoms. The van der Waals surface area contributed by atoms with Gasteiger partial charge in [0.2, 0.25) is 5.95 Å². The summed E-state index contributed by atoms with van der Waals surface area (Å²) in [6.45, 7) is 0. The number of rotatable bonds is 3. The van der Waals surface area contributed by atoms with Crippen LogP contribution in [0.2, 0.25) is 0 Å². The van der Waals surface area contributed by atoms with Crippen LogP contribution >= 0.6 is 0 Å². The molecule has 4 heterocycles. The molecule has 2 fully saturated rings. The van der Waals surface area contributed by atoms with Crippen molar-refractivity contribution in [3.8, 4) is 11.5 Å². The summed E-state index contributed by atoms with van der Waals surface area (Å²) >= 11 is 0. The van der Waals surface area contributed by atoms with Crippen LogP contribution < -0.4 is 10.6 Å². The first-order chi connectivity index (χ1) is 10.7. The number of fused-ring (bicyclic) bond motifs is 2. The van der Waals surface area contributed by atoms with Crippen molar-refractivity contribution in [3.63, 3.8) is 0 Å². The van der Waals surface area contributed by atoms with Gasteiger partial charge in [-0.25, -0.2) is 4.98 Å². The molecule has 3 unspecified atom stereocenters. The van der Waals surface area contributed by atoms with Crippen molar-refractivity contribution in [2.75, 3.05) is 0 Å². The molecule has 114 valence electrons. The Morgan fingerprint density at radius 1 is 1.32 bits per heavy atom. The number of hydrogen-bond donors (Lipinski definition) is 2. The molecule has 2 aliphatic heterocycles. The number of nitrogens with one attached hydrogen (secondary N) is 2. The van der Waals surface area contributed by atoms with Gasteiger partial charge in [-0.3, -0.25) is 4.79 Å². The van der Waals surface area contributed by atoms with E-state index in [0.29, 0.717) is 23.5 Å². The second-order valence-electron chi connectivity index (χ2n) is 5.87. The average molecular weight is 301 g/mol. The number of carbonyl (C=O) groups excluding carboxylic acids is 1. The molecule has 0 spiro atoms. The number of amides is 1. The maximum Gasteiger partial charge on any atom is 0.287 e. The summed E-state index contributed by atoms with van der Waals surface area (Å²) in [5, 5.41) is 6.49. The van der Waals surface area contributed by atoms with Crippen molar-refractivity contribution in [1.82, 2.24) is 15.6 Å². The maximum absolute atomic E-state index is 13.1. The van der Waals surface area contributed by atoms with Crippen LogP contribution in [0, 0.1) is 5.95 Å². The predicted octanol–water partition coefficient (Wildman–Crippen LogP) is 2.10. The van der Waals surface area contributed by atoms with Crippen LogP contribution in [0.1, 0.15) is 29.8 Å². The number of furan rings is 1. The highest BCUT2D eigenvalue weighted by Crippen LogP contribution is 2.28. The van der Waals surface area contributed by atoms with Crippen LogP contribution in [0.5, 0.6) is 0 Å². The largest absolute Gasteiger partial charge is 0.449 e. The lowest BCUT2D eigenvalue weighted by molar-refractivity contribution is 0.0903. The molecule has 2 bridgehead atoms. The topological polar surface area (TPSA) is 67.2 Å². The molecule has 0 aromatic carbocycles. The van der Waals surface area contributed by atoms with Gasteiger partial charge in [0.1, 0.15) is 5.69 Å². The van der Waals surface area contributed by atoms with E-state index in [2.05, 4.69) is 15.6 Å². The minimum Gasteiger partial charge on any atom is -0.449 e. The Balaban J connectivity index is 1.48. The van der Waals surface area contributed by atoms with Crippen LogP contribution in [0.4, 0.5) is 4.39 Å². The van der Waals surface area contributed by atoms with E-state index in [9.17, 15) is 9.18 Å². The number of nitrogens with zero attached hydrogens (tertiary/aromatic N) is 1. The van der Waals surface area contributed by atoms with Crippen LogP contribution in [0.3, 0.4) is 0 Å². The summed E-state index contributed by atoms with van der Waals surface area (Å²) in [6.07, 6.45) is 3.26. The average Bonchev–Trinajstić information content (AvgIpc) is 3.23. The Hall–Kier alpha value is -2.21.